The van der Waals surface area contributed by atoms with Crippen molar-refractivity contribution in [3.8, 4) is 5.75 Å². The zero-order valence-electron chi connectivity index (χ0n) is 5.67. The maximum atomic E-state index is 10.7. The molecule has 0 atom stereocenters. The largest absolute Gasteiger partial charge is 0.424 e. The van der Waals surface area contributed by atoms with Crippen molar-refractivity contribution >= 4 is 28.9 Å². The summed E-state index contributed by atoms with van der Waals surface area (Å²) in [5.41, 5.74) is 0. The SMILES string of the molecule is [CH2]c1sccc1OC(=O)CCl. The molecule has 0 aliphatic rings. The van der Waals surface area contributed by atoms with Crippen molar-refractivity contribution in [2.75, 3.05) is 5.88 Å². The first-order valence-electron chi connectivity index (χ1n) is 2.90. The average molecular weight is 190 g/mol. The van der Waals surface area contributed by atoms with Crippen molar-refractivity contribution < 1.29 is 9.53 Å². The summed E-state index contributed by atoms with van der Waals surface area (Å²) in [5, 5.41) is 1.80. The minimum Gasteiger partial charge on any atom is -0.424 e. The summed E-state index contributed by atoms with van der Waals surface area (Å²) in [7, 11) is 0. The second-order valence-electron chi connectivity index (χ2n) is 1.82. The molecule has 1 aromatic rings. The van der Waals surface area contributed by atoms with Gasteiger partial charge in [0.1, 0.15) is 11.6 Å². The maximum Gasteiger partial charge on any atom is 0.326 e. The number of rotatable bonds is 2. The third kappa shape index (κ3) is 2.20. The van der Waals surface area contributed by atoms with Crippen molar-refractivity contribution in [1.82, 2.24) is 0 Å². The number of alkyl halides is 1. The summed E-state index contributed by atoms with van der Waals surface area (Å²) >= 11 is 6.66. The summed E-state index contributed by atoms with van der Waals surface area (Å²) in [4.78, 5) is 11.4. The predicted molar refractivity (Wildman–Crippen MR) is 45.1 cm³/mol. The van der Waals surface area contributed by atoms with Crippen LogP contribution < -0.4 is 4.74 Å². The molecule has 4 heteroatoms. The molecule has 0 bridgehead atoms. The lowest BCUT2D eigenvalue weighted by Crippen LogP contribution is -2.08. The lowest BCUT2D eigenvalue weighted by Gasteiger charge is -1.98. The van der Waals surface area contributed by atoms with E-state index in [4.69, 9.17) is 16.3 Å². The van der Waals surface area contributed by atoms with E-state index in [0.29, 0.717) is 5.75 Å². The molecule has 0 N–H and O–H groups in total. The van der Waals surface area contributed by atoms with Crippen molar-refractivity contribution in [2.24, 2.45) is 0 Å². The Labute approximate surface area is 73.7 Å². The highest BCUT2D eigenvalue weighted by atomic mass is 35.5. The Balaban J connectivity index is 2.64. The predicted octanol–water partition coefficient (Wildman–Crippen LogP) is 2.07. The van der Waals surface area contributed by atoms with Crippen LogP contribution in [-0.4, -0.2) is 11.8 Å². The highest BCUT2D eigenvalue weighted by Gasteiger charge is 2.05. The Bertz CT molecular complexity index is 257. The maximum absolute atomic E-state index is 10.7. The number of carbonyl (C=O) groups excluding carboxylic acids is 1. The summed E-state index contributed by atoms with van der Waals surface area (Å²) < 4.78 is 4.81. The van der Waals surface area contributed by atoms with Crippen LogP contribution in [0.2, 0.25) is 0 Å². The van der Waals surface area contributed by atoms with Gasteiger partial charge in [-0.25, -0.2) is 0 Å². The number of ether oxygens (including phenoxy) is 1. The molecule has 0 saturated carbocycles. The van der Waals surface area contributed by atoms with E-state index in [-0.39, 0.29) is 5.88 Å². The van der Waals surface area contributed by atoms with E-state index in [2.05, 4.69) is 6.92 Å². The second-order valence-corrected chi connectivity index (χ2v) is 3.08. The van der Waals surface area contributed by atoms with Gasteiger partial charge >= 0.3 is 5.97 Å². The molecule has 0 unspecified atom stereocenters. The topological polar surface area (TPSA) is 26.3 Å². The van der Waals surface area contributed by atoms with E-state index in [1.165, 1.54) is 11.3 Å². The normalized spacial score (nSPS) is 9.64. The van der Waals surface area contributed by atoms with Gasteiger partial charge in [0, 0.05) is 4.88 Å². The number of hydrogen-bond acceptors (Lipinski definition) is 3. The molecule has 0 aliphatic heterocycles. The van der Waals surface area contributed by atoms with Gasteiger partial charge < -0.3 is 4.74 Å². The molecule has 0 saturated heterocycles. The molecule has 1 rings (SSSR count). The molecular weight excluding hydrogens is 184 g/mol. The number of thiophene rings is 1. The number of halogens is 1. The zero-order valence-corrected chi connectivity index (χ0v) is 7.24. The molecule has 0 amide bonds. The van der Waals surface area contributed by atoms with Crippen molar-refractivity contribution in [1.29, 1.82) is 0 Å². The fraction of sp³-hybridized carbons (Fsp3) is 0.143. The van der Waals surface area contributed by atoms with Gasteiger partial charge in [-0.05, 0) is 18.4 Å². The molecule has 1 heterocycles. The van der Waals surface area contributed by atoms with Crippen LogP contribution in [-0.2, 0) is 4.79 Å². The van der Waals surface area contributed by atoms with Crippen LogP contribution in [0.5, 0.6) is 5.75 Å². The highest BCUT2D eigenvalue weighted by Crippen LogP contribution is 2.23. The van der Waals surface area contributed by atoms with Gasteiger partial charge in [-0.2, -0.15) is 0 Å². The molecule has 0 spiro atoms. The first-order chi connectivity index (χ1) is 5.24. The van der Waals surface area contributed by atoms with Crippen molar-refractivity contribution in [3.05, 3.63) is 23.2 Å². The molecular formula is C7H6ClO2S. The molecule has 1 radical (unpaired) electrons. The van der Waals surface area contributed by atoms with Crippen LogP contribution >= 0.6 is 22.9 Å². The van der Waals surface area contributed by atoms with Crippen molar-refractivity contribution in [3.63, 3.8) is 0 Å². The first kappa shape index (κ1) is 8.56. The fourth-order valence-corrected chi connectivity index (χ4v) is 1.21. The number of hydrogen-bond donors (Lipinski definition) is 0. The van der Waals surface area contributed by atoms with Crippen molar-refractivity contribution in [2.45, 2.75) is 0 Å². The molecule has 0 fully saturated rings. The molecule has 2 nitrogen and oxygen atoms in total. The Morgan fingerprint density at radius 1 is 1.82 bits per heavy atom. The zero-order chi connectivity index (χ0) is 8.27. The Morgan fingerprint density at radius 2 is 2.55 bits per heavy atom. The molecule has 1 aromatic heterocycles. The Kier molecular flexibility index (Phi) is 2.91. The monoisotopic (exact) mass is 189 g/mol. The lowest BCUT2D eigenvalue weighted by atomic mass is 10.5. The van der Waals surface area contributed by atoms with E-state index >= 15 is 0 Å². The van der Waals surface area contributed by atoms with Crippen LogP contribution in [0.25, 0.3) is 0 Å². The third-order valence-corrected chi connectivity index (χ3v) is 2.01. The van der Waals surface area contributed by atoms with E-state index in [0.717, 1.165) is 4.88 Å². The Morgan fingerprint density at radius 3 is 3.00 bits per heavy atom. The van der Waals surface area contributed by atoms with Gasteiger partial charge in [0.05, 0.1) is 0 Å². The van der Waals surface area contributed by atoms with Gasteiger partial charge in [-0.1, -0.05) is 0 Å². The smallest absolute Gasteiger partial charge is 0.326 e. The molecule has 0 aromatic carbocycles. The quantitative estimate of drug-likeness (QED) is 0.526. The fourth-order valence-electron chi connectivity index (χ4n) is 0.570. The van der Waals surface area contributed by atoms with E-state index < -0.39 is 5.97 Å². The van der Waals surface area contributed by atoms with E-state index in [1.807, 2.05) is 0 Å². The summed E-state index contributed by atoms with van der Waals surface area (Å²) in [6, 6.07) is 1.69. The molecule has 11 heavy (non-hydrogen) atoms. The van der Waals surface area contributed by atoms with Crippen LogP contribution in [0.3, 0.4) is 0 Å². The van der Waals surface area contributed by atoms with Gasteiger partial charge in [-0.15, -0.1) is 22.9 Å². The second kappa shape index (κ2) is 3.74. The van der Waals surface area contributed by atoms with Gasteiger partial charge in [-0.3, -0.25) is 4.79 Å². The number of carbonyl (C=O) groups is 1. The lowest BCUT2D eigenvalue weighted by molar-refractivity contribution is -0.131. The van der Waals surface area contributed by atoms with Gasteiger partial charge in [0.15, 0.2) is 0 Å². The Hall–Kier alpha value is -0.540. The van der Waals surface area contributed by atoms with Crippen LogP contribution in [0.1, 0.15) is 4.88 Å². The summed E-state index contributed by atoms with van der Waals surface area (Å²) in [5.74, 6) is -0.0782. The third-order valence-electron chi connectivity index (χ3n) is 1.04. The van der Waals surface area contributed by atoms with E-state index in [9.17, 15) is 4.79 Å². The first-order valence-corrected chi connectivity index (χ1v) is 4.31. The van der Waals surface area contributed by atoms with E-state index in [1.54, 1.807) is 11.4 Å². The molecule has 59 valence electrons. The van der Waals surface area contributed by atoms with Gasteiger partial charge in [0.2, 0.25) is 0 Å². The molecule has 0 aliphatic carbocycles. The highest BCUT2D eigenvalue weighted by molar-refractivity contribution is 7.10. The minimum absolute atomic E-state index is 0.130. The van der Waals surface area contributed by atoms with Gasteiger partial charge in [0.25, 0.3) is 0 Å². The summed E-state index contributed by atoms with van der Waals surface area (Å²) in [6.07, 6.45) is 0. The van der Waals surface area contributed by atoms with Crippen LogP contribution in [0, 0.1) is 6.92 Å². The van der Waals surface area contributed by atoms with Crippen LogP contribution in [0.15, 0.2) is 11.4 Å². The standard InChI is InChI=1S/C7H6ClO2S/c1-5-6(2-3-11-5)10-7(9)4-8/h2-3H,1,4H2. The average Bonchev–Trinajstić information content (AvgIpc) is 2.37. The van der Waals surface area contributed by atoms with Crippen LogP contribution in [0.4, 0.5) is 0 Å². The number of esters is 1. The minimum atomic E-state index is -0.449. The summed E-state index contributed by atoms with van der Waals surface area (Å²) in [6.45, 7) is 3.67.